The average molecular weight is 521 g/mol. The Morgan fingerprint density at radius 2 is 1.86 bits per heavy atom. The van der Waals surface area contributed by atoms with E-state index in [4.69, 9.17) is 26.1 Å². The number of methoxy groups -OCH3 is 1. The highest BCUT2D eigenvalue weighted by Gasteiger charge is 2.26. The number of rotatable bonds is 7. The number of hydrogen-bond acceptors (Lipinski definition) is 6. The maximum atomic E-state index is 14.1. The topological polar surface area (TPSA) is 70.4 Å². The van der Waals surface area contributed by atoms with Crippen LogP contribution in [-0.2, 0) is 17.8 Å². The van der Waals surface area contributed by atoms with E-state index in [9.17, 15) is 9.59 Å². The molecule has 0 N–H and O–H groups in total. The molecule has 0 spiro atoms. The molecule has 0 unspecified atom stereocenters. The Labute approximate surface area is 218 Å². The molecule has 8 heteroatoms. The van der Waals surface area contributed by atoms with E-state index < -0.39 is 0 Å². The third kappa shape index (κ3) is 4.62. The molecule has 0 saturated carbocycles. The van der Waals surface area contributed by atoms with Gasteiger partial charge in [0.15, 0.2) is 5.78 Å². The van der Waals surface area contributed by atoms with Gasteiger partial charge in [-0.25, -0.2) is 4.98 Å². The highest BCUT2D eigenvalue weighted by molar-refractivity contribution is 7.13. The van der Waals surface area contributed by atoms with E-state index in [1.807, 2.05) is 54.8 Å². The minimum absolute atomic E-state index is 0.0370. The summed E-state index contributed by atoms with van der Waals surface area (Å²) in [6.45, 7) is 2.73. The summed E-state index contributed by atoms with van der Waals surface area (Å²) in [6, 6.07) is 14.8. The fraction of sp³-hybridized carbons (Fsp3) is 0.250. The molecule has 36 heavy (non-hydrogen) atoms. The molecular weight excluding hydrogens is 496 g/mol. The third-order valence-electron chi connectivity index (χ3n) is 6.20. The highest BCUT2D eigenvalue weighted by Crippen LogP contribution is 2.33. The molecule has 0 aliphatic heterocycles. The summed E-state index contributed by atoms with van der Waals surface area (Å²) in [5.41, 5.74) is 4.63. The van der Waals surface area contributed by atoms with Gasteiger partial charge in [0.25, 0.3) is 5.56 Å². The van der Waals surface area contributed by atoms with Crippen molar-refractivity contribution in [3.63, 3.8) is 0 Å². The van der Waals surface area contributed by atoms with Crippen LogP contribution >= 0.6 is 22.9 Å². The fourth-order valence-electron chi connectivity index (χ4n) is 4.54. The molecule has 0 amide bonds. The number of carbonyl (C=O) groups is 1. The summed E-state index contributed by atoms with van der Waals surface area (Å²) in [5, 5.41) is 3.12. The first kappa shape index (κ1) is 24.4. The van der Waals surface area contributed by atoms with Crippen molar-refractivity contribution in [2.24, 2.45) is 0 Å². The van der Waals surface area contributed by atoms with Crippen LogP contribution in [0.4, 0.5) is 0 Å². The van der Waals surface area contributed by atoms with Gasteiger partial charge in [-0.2, -0.15) is 0 Å². The van der Waals surface area contributed by atoms with E-state index in [0.29, 0.717) is 65.1 Å². The number of benzene rings is 2. The summed E-state index contributed by atoms with van der Waals surface area (Å²) in [7, 11) is 1.62. The van der Waals surface area contributed by atoms with Crippen molar-refractivity contribution in [3.8, 4) is 33.3 Å². The Bertz CT molecular complexity index is 1490. The summed E-state index contributed by atoms with van der Waals surface area (Å²) in [5.74, 6) is 0.690. The van der Waals surface area contributed by atoms with Crippen molar-refractivity contribution in [1.29, 1.82) is 0 Å². The zero-order valence-electron chi connectivity index (χ0n) is 20.0. The number of fused-ring (bicyclic) bond motifs is 1. The summed E-state index contributed by atoms with van der Waals surface area (Å²) in [4.78, 5) is 31.8. The van der Waals surface area contributed by atoms with Crippen LogP contribution in [0.1, 0.15) is 41.4 Å². The lowest BCUT2D eigenvalue weighted by Gasteiger charge is -2.23. The molecule has 0 radical (unpaired) electrons. The first-order valence-corrected chi connectivity index (χ1v) is 13.0. The molecule has 0 bridgehead atoms. The number of thiazole rings is 1. The van der Waals surface area contributed by atoms with Crippen LogP contribution in [-0.4, -0.2) is 29.1 Å². The van der Waals surface area contributed by atoms with Gasteiger partial charge in [-0.15, -0.1) is 11.3 Å². The molecule has 184 valence electrons. The second-order valence-corrected chi connectivity index (χ2v) is 9.83. The average Bonchev–Trinajstić information content (AvgIpc) is 3.36. The molecule has 1 aliphatic carbocycles. The van der Waals surface area contributed by atoms with E-state index in [0.717, 1.165) is 22.5 Å². The maximum absolute atomic E-state index is 14.1. The molecule has 0 fully saturated rings. The molecule has 2 aromatic heterocycles. The fourth-order valence-corrected chi connectivity index (χ4v) is 5.50. The Morgan fingerprint density at radius 3 is 2.61 bits per heavy atom. The number of aromatic nitrogens is 2. The zero-order chi connectivity index (χ0) is 25.2. The SMILES string of the molecule is CCOc1ccc(COC)c(-n2c3c(cc(-c4nc(-c5ccc(Cl)cc5)cs4)c2=O)C(=O)CCC3)c1. The molecular formula is C28H25ClN2O4S. The molecule has 0 saturated heterocycles. The molecule has 5 rings (SSSR count). The molecule has 0 atom stereocenters. The number of ketones is 1. The highest BCUT2D eigenvalue weighted by atomic mass is 35.5. The predicted octanol–water partition coefficient (Wildman–Crippen LogP) is 6.35. The largest absolute Gasteiger partial charge is 0.494 e. The van der Waals surface area contributed by atoms with Gasteiger partial charge in [0.05, 0.1) is 30.2 Å². The minimum atomic E-state index is -0.216. The van der Waals surface area contributed by atoms with E-state index in [1.54, 1.807) is 17.7 Å². The lowest BCUT2D eigenvalue weighted by Crippen LogP contribution is -2.29. The van der Waals surface area contributed by atoms with E-state index in [1.165, 1.54) is 11.3 Å². The number of carbonyl (C=O) groups excluding carboxylic acids is 1. The third-order valence-corrected chi connectivity index (χ3v) is 7.33. The van der Waals surface area contributed by atoms with E-state index in [2.05, 4.69) is 0 Å². The van der Waals surface area contributed by atoms with Crippen molar-refractivity contribution in [2.75, 3.05) is 13.7 Å². The van der Waals surface area contributed by atoms with Crippen molar-refractivity contribution in [3.05, 3.63) is 86.1 Å². The number of nitrogens with zero attached hydrogens (tertiary/aromatic N) is 2. The quantitative estimate of drug-likeness (QED) is 0.284. The first-order chi connectivity index (χ1) is 17.5. The van der Waals surface area contributed by atoms with Crippen LogP contribution in [0.2, 0.25) is 5.02 Å². The molecule has 1 aliphatic rings. The Kier molecular flexibility index (Phi) is 7.05. The van der Waals surface area contributed by atoms with E-state index >= 15 is 0 Å². The second-order valence-electron chi connectivity index (χ2n) is 8.54. The van der Waals surface area contributed by atoms with Crippen LogP contribution < -0.4 is 10.3 Å². The Morgan fingerprint density at radius 1 is 1.06 bits per heavy atom. The molecule has 2 heterocycles. The van der Waals surface area contributed by atoms with Crippen LogP contribution in [0.3, 0.4) is 0 Å². The van der Waals surface area contributed by atoms with Gasteiger partial charge in [0.1, 0.15) is 10.8 Å². The van der Waals surface area contributed by atoms with Gasteiger partial charge < -0.3 is 9.47 Å². The number of halogens is 1. The lowest BCUT2D eigenvalue weighted by atomic mass is 9.92. The summed E-state index contributed by atoms with van der Waals surface area (Å²) < 4.78 is 12.8. The monoisotopic (exact) mass is 520 g/mol. The number of hydrogen-bond donors (Lipinski definition) is 0. The van der Waals surface area contributed by atoms with Crippen molar-refractivity contribution in [2.45, 2.75) is 32.8 Å². The van der Waals surface area contributed by atoms with Gasteiger partial charge in [-0.3, -0.25) is 14.2 Å². The maximum Gasteiger partial charge on any atom is 0.265 e. The van der Waals surface area contributed by atoms with Gasteiger partial charge in [-0.1, -0.05) is 29.8 Å². The second kappa shape index (κ2) is 10.4. The van der Waals surface area contributed by atoms with Gasteiger partial charge in [0, 0.05) is 52.4 Å². The van der Waals surface area contributed by atoms with Crippen LogP contribution in [0.15, 0.2) is 58.7 Å². The van der Waals surface area contributed by atoms with E-state index in [-0.39, 0.29) is 11.3 Å². The van der Waals surface area contributed by atoms with Crippen LogP contribution in [0, 0.1) is 0 Å². The minimum Gasteiger partial charge on any atom is -0.494 e. The normalized spacial score (nSPS) is 13.0. The lowest BCUT2D eigenvalue weighted by molar-refractivity contribution is 0.0971. The molecule has 6 nitrogen and oxygen atoms in total. The van der Waals surface area contributed by atoms with Crippen molar-refractivity contribution in [1.82, 2.24) is 9.55 Å². The van der Waals surface area contributed by atoms with Gasteiger partial charge in [-0.05, 0) is 44.0 Å². The predicted molar refractivity (Wildman–Crippen MR) is 143 cm³/mol. The van der Waals surface area contributed by atoms with Crippen LogP contribution in [0.25, 0.3) is 27.5 Å². The smallest absolute Gasteiger partial charge is 0.265 e. The molecule has 4 aromatic rings. The Hall–Kier alpha value is -3.26. The van der Waals surface area contributed by atoms with Gasteiger partial charge in [0.2, 0.25) is 0 Å². The van der Waals surface area contributed by atoms with Crippen molar-refractivity contribution < 1.29 is 14.3 Å². The molecule has 2 aromatic carbocycles. The van der Waals surface area contributed by atoms with Crippen molar-refractivity contribution >= 4 is 28.7 Å². The zero-order valence-corrected chi connectivity index (χ0v) is 21.6. The summed E-state index contributed by atoms with van der Waals surface area (Å²) >= 11 is 7.41. The Balaban J connectivity index is 1.73. The first-order valence-electron chi connectivity index (χ1n) is 11.8. The number of ether oxygens (including phenoxy) is 2. The van der Waals surface area contributed by atoms with Gasteiger partial charge >= 0.3 is 0 Å². The summed E-state index contributed by atoms with van der Waals surface area (Å²) in [6.07, 6.45) is 1.80. The number of Topliss-reactive ketones (excluding diaryl/α,β-unsaturated/α-hetero) is 1. The number of pyridine rings is 1. The standard InChI is InChI=1S/C28H25ClN2O4S/c1-3-35-20-12-9-18(15-34-2)25(13-20)31-24-5-4-6-26(32)21(24)14-22(28(31)33)27-30-23(16-36-27)17-7-10-19(29)11-8-17/h7-14,16H,3-6,15H2,1-2H3. The van der Waals surface area contributed by atoms with Crippen LogP contribution in [0.5, 0.6) is 5.75 Å².